The highest BCUT2D eigenvalue weighted by Crippen LogP contribution is 2.19. The Morgan fingerprint density at radius 3 is 2.13 bits per heavy atom. The number of nitrogens with zero attached hydrogens (tertiary/aromatic N) is 2. The van der Waals surface area contributed by atoms with Gasteiger partial charge in [-0.1, -0.05) is 24.3 Å². The zero-order valence-corrected chi connectivity index (χ0v) is 8.93. The summed E-state index contributed by atoms with van der Waals surface area (Å²) in [6.07, 6.45) is 0. The second-order valence-electron chi connectivity index (χ2n) is 3.06. The van der Waals surface area contributed by atoms with Crippen molar-refractivity contribution in [1.29, 1.82) is 0 Å². The largest absolute Gasteiger partial charge is 0.151 e. The molecule has 0 aliphatic heterocycles. The van der Waals surface area contributed by atoms with Gasteiger partial charge in [0.1, 0.15) is 0 Å². The molecule has 2 nitrogen and oxygen atoms in total. The second kappa shape index (κ2) is 4.75. The van der Waals surface area contributed by atoms with E-state index >= 15 is 0 Å². The smallest absolute Gasteiger partial charge is 0.0868 e. The summed E-state index contributed by atoms with van der Waals surface area (Å²) < 4.78 is 0. The highest BCUT2D eigenvalue weighted by molar-refractivity contribution is 7.80. The molecule has 0 bridgehead atoms. The van der Waals surface area contributed by atoms with E-state index in [0.29, 0.717) is 0 Å². The van der Waals surface area contributed by atoms with Crippen LogP contribution < -0.4 is 0 Å². The quantitative estimate of drug-likeness (QED) is 0.566. The van der Waals surface area contributed by atoms with Crippen molar-refractivity contribution in [3.8, 4) is 0 Å². The maximum atomic E-state index is 4.23. The van der Waals surface area contributed by atoms with Crippen molar-refractivity contribution in [2.45, 2.75) is 4.90 Å². The molecule has 0 aliphatic rings. The van der Waals surface area contributed by atoms with Crippen LogP contribution in [0.15, 0.2) is 69.7 Å². The summed E-state index contributed by atoms with van der Waals surface area (Å²) in [4.78, 5) is 0.888. The van der Waals surface area contributed by atoms with Gasteiger partial charge in [0.15, 0.2) is 0 Å². The first-order valence-electron chi connectivity index (χ1n) is 4.60. The van der Waals surface area contributed by atoms with Crippen molar-refractivity contribution < 1.29 is 0 Å². The molecule has 3 heteroatoms. The second-order valence-corrected chi connectivity index (χ2v) is 3.57. The third kappa shape index (κ3) is 2.92. The van der Waals surface area contributed by atoms with Crippen molar-refractivity contribution in [1.82, 2.24) is 0 Å². The van der Waals surface area contributed by atoms with Crippen LogP contribution in [0.25, 0.3) is 0 Å². The molecule has 0 amide bonds. The van der Waals surface area contributed by atoms with Crippen molar-refractivity contribution in [2.24, 2.45) is 10.2 Å². The van der Waals surface area contributed by atoms with E-state index in [1.807, 2.05) is 54.6 Å². The van der Waals surface area contributed by atoms with E-state index in [0.717, 1.165) is 16.3 Å². The Labute approximate surface area is 94.1 Å². The van der Waals surface area contributed by atoms with Gasteiger partial charge in [0.25, 0.3) is 0 Å². The molecule has 15 heavy (non-hydrogen) atoms. The zero-order chi connectivity index (χ0) is 10.5. The molecule has 2 rings (SSSR count). The third-order valence-electron chi connectivity index (χ3n) is 1.87. The Kier molecular flexibility index (Phi) is 3.15. The Balaban J connectivity index is 2.19. The minimum atomic E-state index is 0.811. The maximum absolute atomic E-state index is 4.23. The highest BCUT2D eigenvalue weighted by Gasteiger charge is 1.90. The fourth-order valence-electron chi connectivity index (χ4n) is 1.17. The van der Waals surface area contributed by atoms with Gasteiger partial charge in [-0.15, -0.1) is 12.6 Å². The molecule has 0 heterocycles. The summed E-state index contributed by atoms with van der Waals surface area (Å²) in [6.45, 7) is 0. The SMILES string of the molecule is Sc1cccc(N=Nc2ccccc2)c1. The first-order valence-corrected chi connectivity index (χ1v) is 5.05. The number of rotatable bonds is 2. The minimum Gasteiger partial charge on any atom is -0.151 e. The molecule has 0 spiro atoms. The van der Waals surface area contributed by atoms with Crippen LogP contribution in [0.2, 0.25) is 0 Å². The van der Waals surface area contributed by atoms with Gasteiger partial charge in [-0.25, -0.2) is 0 Å². The van der Waals surface area contributed by atoms with Gasteiger partial charge in [-0.05, 0) is 30.3 Å². The lowest BCUT2D eigenvalue weighted by atomic mass is 10.3. The molecular formula is C12H10N2S. The summed E-state index contributed by atoms with van der Waals surface area (Å²) >= 11 is 4.23. The van der Waals surface area contributed by atoms with E-state index in [9.17, 15) is 0 Å². The van der Waals surface area contributed by atoms with E-state index in [4.69, 9.17) is 0 Å². The summed E-state index contributed by atoms with van der Waals surface area (Å²) in [6, 6.07) is 17.2. The molecule has 2 aromatic carbocycles. The minimum absolute atomic E-state index is 0.811. The predicted molar refractivity (Wildman–Crippen MR) is 64.3 cm³/mol. The lowest BCUT2D eigenvalue weighted by molar-refractivity contribution is 1.22. The van der Waals surface area contributed by atoms with Gasteiger partial charge < -0.3 is 0 Å². The van der Waals surface area contributed by atoms with Gasteiger partial charge in [-0.2, -0.15) is 10.2 Å². The first kappa shape index (κ1) is 9.93. The maximum Gasteiger partial charge on any atom is 0.0868 e. The highest BCUT2D eigenvalue weighted by atomic mass is 32.1. The lowest BCUT2D eigenvalue weighted by Gasteiger charge is -1.93. The van der Waals surface area contributed by atoms with Crippen LogP contribution in [0.5, 0.6) is 0 Å². The molecule has 0 saturated carbocycles. The van der Waals surface area contributed by atoms with Crippen LogP contribution in [-0.4, -0.2) is 0 Å². The number of azo groups is 1. The molecule has 0 unspecified atom stereocenters. The molecule has 0 fully saturated rings. The Morgan fingerprint density at radius 1 is 0.733 bits per heavy atom. The summed E-state index contributed by atoms with van der Waals surface area (Å²) in [5.41, 5.74) is 1.66. The number of hydrogen-bond donors (Lipinski definition) is 1. The fraction of sp³-hybridized carbons (Fsp3) is 0. The van der Waals surface area contributed by atoms with Crippen molar-refractivity contribution >= 4 is 24.0 Å². The fourth-order valence-corrected chi connectivity index (χ4v) is 1.38. The van der Waals surface area contributed by atoms with Crippen LogP contribution in [0, 0.1) is 0 Å². The molecule has 0 atom stereocenters. The Hall–Kier alpha value is -1.61. The van der Waals surface area contributed by atoms with Gasteiger partial charge in [0.2, 0.25) is 0 Å². The summed E-state index contributed by atoms with van der Waals surface area (Å²) in [7, 11) is 0. The molecule has 2 aromatic rings. The number of thiol groups is 1. The topological polar surface area (TPSA) is 24.7 Å². The standard InChI is InChI=1S/C12H10N2S/c15-12-8-4-7-11(9-12)14-13-10-5-2-1-3-6-10/h1-9,15H. The Morgan fingerprint density at radius 2 is 1.40 bits per heavy atom. The third-order valence-corrected chi connectivity index (χ3v) is 2.15. The summed E-state index contributed by atoms with van der Waals surface area (Å²) in [5.74, 6) is 0. The van der Waals surface area contributed by atoms with Crippen LogP contribution in [0.1, 0.15) is 0 Å². The molecule has 0 aliphatic carbocycles. The van der Waals surface area contributed by atoms with Crippen molar-refractivity contribution in [3.63, 3.8) is 0 Å². The molecule has 0 radical (unpaired) electrons. The van der Waals surface area contributed by atoms with E-state index in [-0.39, 0.29) is 0 Å². The average molecular weight is 214 g/mol. The van der Waals surface area contributed by atoms with Crippen LogP contribution in [0.3, 0.4) is 0 Å². The van der Waals surface area contributed by atoms with E-state index in [1.54, 1.807) is 0 Å². The average Bonchev–Trinajstić information content (AvgIpc) is 2.28. The molecule has 0 aromatic heterocycles. The van der Waals surface area contributed by atoms with Gasteiger partial charge in [0.05, 0.1) is 11.4 Å². The molecular weight excluding hydrogens is 204 g/mol. The number of benzene rings is 2. The van der Waals surface area contributed by atoms with Crippen molar-refractivity contribution in [2.75, 3.05) is 0 Å². The van der Waals surface area contributed by atoms with E-state index < -0.39 is 0 Å². The van der Waals surface area contributed by atoms with Gasteiger partial charge in [-0.3, -0.25) is 0 Å². The van der Waals surface area contributed by atoms with Gasteiger partial charge >= 0.3 is 0 Å². The van der Waals surface area contributed by atoms with E-state index in [1.165, 1.54) is 0 Å². The monoisotopic (exact) mass is 214 g/mol. The van der Waals surface area contributed by atoms with Crippen molar-refractivity contribution in [3.05, 3.63) is 54.6 Å². The molecule has 0 saturated heterocycles. The van der Waals surface area contributed by atoms with Gasteiger partial charge in [0, 0.05) is 4.90 Å². The predicted octanol–water partition coefficient (Wildman–Crippen LogP) is 4.39. The van der Waals surface area contributed by atoms with Crippen LogP contribution in [0.4, 0.5) is 11.4 Å². The molecule has 0 N–H and O–H groups in total. The molecule has 74 valence electrons. The normalized spacial score (nSPS) is 10.7. The van der Waals surface area contributed by atoms with Crippen LogP contribution >= 0.6 is 12.6 Å². The lowest BCUT2D eigenvalue weighted by Crippen LogP contribution is -1.65. The first-order chi connectivity index (χ1) is 7.34. The van der Waals surface area contributed by atoms with E-state index in [2.05, 4.69) is 22.9 Å². The number of hydrogen-bond acceptors (Lipinski definition) is 3. The van der Waals surface area contributed by atoms with Crippen LogP contribution in [-0.2, 0) is 0 Å². The zero-order valence-electron chi connectivity index (χ0n) is 8.04. The Bertz CT molecular complexity index is 466. The summed E-state index contributed by atoms with van der Waals surface area (Å²) in [5, 5.41) is 8.22.